The molecule has 0 unspecified atom stereocenters. The third-order valence-electron chi connectivity index (χ3n) is 1.49. The molecule has 0 aliphatic rings. The Morgan fingerprint density at radius 3 is 2.10 bits per heavy atom. The zero-order chi connectivity index (χ0) is 8.20. The Morgan fingerprint density at radius 1 is 1.30 bits per heavy atom. The summed E-state index contributed by atoms with van der Waals surface area (Å²) >= 11 is 0. The monoisotopic (exact) mass is 144 g/mol. The van der Waals surface area contributed by atoms with Crippen molar-refractivity contribution in [1.82, 2.24) is 0 Å². The standard InChI is InChI=1S/C8H18NO/c1-5-6-7-8(10)9(2,3)4/h5-7H2,1-4H3/q+1. The summed E-state index contributed by atoms with van der Waals surface area (Å²) in [6, 6.07) is 0. The molecule has 0 aliphatic carbocycles. The lowest BCUT2D eigenvalue weighted by atomic mass is 10.2. The fraction of sp³-hybridized carbons (Fsp3) is 0.875. The van der Waals surface area contributed by atoms with E-state index < -0.39 is 0 Å². The Labute approximate surface area is 63.4 Å². The van der Waals surface area contributed by atoms with Crippen molar-refractivity contribution in [2.75, 3.05) is 21.1 Å². The van der Waals surface area contributed by atoms with Crippen LogP contribution < -0.4 is 0 Å². The fourth-order valence-corrected chi connectivity index (χ4v) is 0.663. The molecule has 10 heavy (non-hydrogen) atoms. The average Bonchev–Trinajstić information content (AvgIpc) is 1.80. The number of carbonyl (C=O) groups excluding carboxylic acids is 1. The van der Waals surface area contributed by atoms with Gasteiger partial charge in [0.25, 0.3) is 0 Å². The van der Waals surface area contributed by atoms with E-state index in [1.807, 2.05) is 21.1 Å². The Balaban J connectivity index is 3.64. The number of carbonyl (C=O) groups is 1. The zero-order valence-corrected chi connectivity index (χ0v) is 7.48. The SMILES string of the molecule is CCCCC(=O)[N+](C)(C)C. The maximum absolute atomic E-state index is 11.2. The molecule has 0 saturated carbocycles. The van der Waals surface area contributed by atoms with Crippen LogP contribution in [0.2, 0.25) is 0 Å². The third-order valence-corrected chi connectivity index (χ3v) is 1.49. The second-order valence-corrected chi connectivity index (χ2v) is 3.51. The summed E-state index contributed by atoms with van der Waals surface area (Å²) in [6.45, 7) is 2.10. The van der Waals surface area contributed by atoms with E-state index in [0.29, 0.717) is 10.4 Å². The van der Waals surface area contributed by atoms with Crippen LogP contribution >= 0.6 is 0 Å². The second-order valence-electron chi connectivity index (χ2n) is 3.51. The van der Waals surface area contributed by atoms with Crippen LogP contribution in [0.5, 0.6) is 0 Å². The molecule has 0 aromatic rings. The lowest BCUT2D eigenvalue weighted by molar-refractivity contribution is -0.792. The van der Waals surface area contributed by atoms with Gasteiger partial charge in [-0.05, 0) is 6.42 Å². The summed E-state index contributed by atoms with van der Waals surface area (Å²) < 4.78 is 0.458. The Kier molecular flexibility index (Phi) is 3.58. The Bertz CT molecular complexity index is 113. The number of nitrogens with zero attached hydrogens (tertiary/aromatic N) is 1. The molecule has 0 rings (SSSR count). The van der Waals surface area contributed by atoms with Crippen LogP contribution in [0.1, 0.15) is 26.2 Å². The smallest absolute Gasteiger partial charge is 0.268 e. The van der Waals surface area contributed by atoms with Crippen molar-refractivity contribution in [2.45, 2.75) is 26.2 Å². The van der Waals surface area contributed by atoms with Gasteiger partial charge < -0.3 is 0 Å². The van der Waals surface area contributed by atoms with E-state index in [4.69, 9.17) is 0 Å². The number of quaternary nitrogens is 1. The topological polar surface area (TPSA) is 17.1 Å². The quantitative estimate of drug-likeness (QED) is 0.547. The average molecular weight is 144 g/mol. The van der Waals surface area contributed by atoms with Gasteiger partial charge in [-0.2, -0.15) is 0 Å². The normalized spacial score (nSPS) is 11.6. The second kappa shape index (κ2) is 3.71. The van der Waals surface area contributed by atoms with Gasteiger partial charge in [0.2, 0.25) is 0 Å². The van der Waals surface area contributed by atoms with E-state index in [2.05, 4.69) is 6.92 Å². The highest BCUT2D eigenvalue weighted by atomic mass is 16.2. The van der Waals surface area contributed by atoms with Gasteiger partial charge in [0.15, 0.2) is 0 Å². The maximum atomic E-state index is 11.2. The highest BCUT2D eigenvalue weighted by molar-refractivity contribution is 5.68. The van der Waals surface area contributed by atoms with E-state index in [-0.39, 0.29) is 0 Å². The Hall–Kier alpha value is -0.370. The van der Waals surface area contributed by atoms with Crippen molar-refractivity contribution in [1.29, 1.82) is 0 Å². The van der Waals surface area contributed by atoms with E-state index >= 15 is 0 Å². The van der Waals surface area contributed by atoms with Crippen LogP contribution in [0.25, 0.3) is 0 Å². The molecule has 2 nitrogen and oxygen atoms in total. The molecule has 0 atom stereocenters. The molecule has 60 valence electrons. The number of hydrogen-bond acceptors (Lipinski definition) is 1. The molecule has 0 fully saturated rings. The minimum absolute atomic E-state index is 0.321. The highest BCUT2D eigenvalue weighted by Crippen LogP contribution is 2.01. The molecular formula is C8H18NO+. The van der Waals surface area contributed by atoms with Crippen molar-refractivity contribution in [3.8, 4) is 0 Å². The van der Waals surface area contributed by atoms with Crippen LogP contribution in [-0.2, 0) is 4.79 Å². The molecule has 0 aromatic heterocycles. The van der Waals surface area contributed by atoms with E-state index in [1.54, 1.807) is 0 Å². The molecule has 1 amide bonds. The summed E-state index contributed by atoms with van der Waals surface area (Å²) in [6.07, 6.45) is 2.85. The number of hydrogen-bond donors (Lipinski definition) is 0. The molecule has 0 aromatic carbocycles. The number of amides is 1. The largest absolute Gasteiger partial charge is 0.313 e. The first kappa shape index (κ1) is 9.63. The molecular weight excluding hydrogens is 126 g/mol. The van der Waals surface area contributed by atoms with Crippen LogP contribution in [0.4, 0.5) is 0 Å². The first-order valence-corrected chi connectivity index (χ1v) is 3.83. The predicted octanol–water partition coefficient (Wildman–Crippen LogP) is 1.41. The summed E-state index contributed by atoms with van der Waals surface area (Å²) in [4.78, 5) is 11.2. The first-order valence-electron chi connectivity index (χ1n) is 3.83. The molecule has 0 bridgehead atoms. The molecule has 0 spiro atoms. The van der Waals surface area contributed by atoms with Gasteiger partial charge in [-0.3, -0.25) is 4.48 Å². The summed E-state index contributed by atoms with van der Waals surface area (Å²) in [5.74, 6) is 0.321. The number of unbranched alkanes of at least 4 members (excludes halogenated alkanes) is 1. The highest BCUT2D eigenvalue weighted by Gasteiger charge is 2.18. The summed E-state index contributed by atoms with van der Waals surface area (Å²) in [5.41, 5.74) is 0. The van der Waals surface area contributed by atoms with Crippen LogP contribution in [0.15, 0.2) is 0 Å². The van der Waals surface area contributed by atoms with Crippen LogP contribution in [0.3, 0.4) is 0 Å². The lowest BCUT2D eigenvalue weighted by Crippen LogP contribution is -2.40. The van der Waals surface area contributed by atoms with E-state index in [9.17, 15) is 4.79 Å². The van der Waals surface area contributed by atoms with Gasteiger partial charge >= 0.3 is 5.91 Å². The Morgan fingerprint density at radius 2 is 1.80 bits per heavy atom. The van der Waals surface area contributed by atoms with Crippen LogP contribution in [0, 0.1) is 0 Å². The van der Waals surface area contributed by atoms with Crippen molar-refractivity contribution < 1.29 is 9.28 Å². The predicted molar refractivity (Wildman–Crippen MR) is 42.6 cm³/mol. The van der Waals surface area contributed by atoms with Crippen molar-refractivity contribution >= 4 is 5.91 Å². The molecule has 0 aliphatic heterocycles. The van der Waals surface area contributed by atoms with Gasteiger partial charge in [-0.1, -0.05) is 13.3 Å². The maximum Gasteiger partial charge on any atom is 0.313 e. The fourth-order valence-electron chi connectivity index (χ4n) is 0.663. The minimum atomic E-state index is 0.321. The van der Waals surface area contributed by atoms with Gasteiger partial charge in [0.05, 0.1) is 27.6 Å². The molecule has 0 heterocycles. The zero-order valence-electron chi connectivity index (χ0n) is 7.48. The number of rotatable bonds is 3. The summed E-state index contributed by atoms with van der Waals surface area (Å²) in [7, 11) is 5.74. The van der Waals surface area contributed by atoms with Gasteiger partial charge in [-0.25, -0.2) is 4.79 Å². The van der Waals surface area contributed by atoms with Crippen molar-refractivity contribution in [3.05, 3.63) is 0 Å². The van der Waals surface area contributed by atoms with Crippen molar-refractivity contribution in [2.24, 2.45) is 0 Å². The van der Waals surface area contributed by atoms with Gasteiger partial charge in [0.1, 0.15) is 0 Å². The molecule has 2 heteroatoms. The van der Waals surface area contributed by atoms with Crippen molar-refractivity contribution in [3.63, 3.8) is 0 Å². The summed E-state index contributed by atoms with van der Waals surface area (Å²) in [5, 5.41) is 0. The molecule has 0 N–H and O–H groups in total. The van der Waals surface area contributed by atoms with E-state index in [0.717, 1.165) is 19.3 Å². The third kappa shape index (κ3) is 3.62. The molecule has 0 radical (unpaired) electrons. The minimum Gasteiger partial charge on any atom is -0.268 e. The molecule has 0 saturated heterocycles. The van der Waals surface area contributed by atoms with E-state index in [1.165, 1.54) is 0 Å². The van der Waals surface area contributed by atoms with Crippen LogP contribution in [-0.4, -0.2) is 31.5 Å². The first-order chi connectivity index (χ1) is 4.48. The lowest BCUT2D eigenvalue weighted by Gasteiger charge is -2.20. The van der Waals surface area contributed by atoms with Gasteiger partial charge in [0, 0.05) is 0 Å². The van der Waals surface area contributed by atoms with Gasteiger partial charge in [-0.15, -0.1) is 0 Å².